The first-order valence-electron chi connectivity index (χ1n) is 14.9. The van der Waals surface area contributed by atoms with Crippen LogP contribution in [0.2, 0.25) is 0 Å². The first kappa shape index (κ1) is 34.6. The molecule has 2 atom stereocenters. The van der Waals surface area contributed by atoms with E-state index in [0.717, 1.165) is 36.7 Å². The van der Waals surface area contributed by atoms with Crippen LogP contribution in [-0.4, -0.2) is 57.1 Å². The van der Waals surface area contributed by atoms with E-state index in [2.05, 4.69) is 25.2 Å². The van der Waals surface area contributed by atoms with Crippen molar-refractivity contribution < 1.29 is 50.1 Å². The van der Waals surface area contributed by atoms with E-state index in [-0.39, 0.29) is 23.8 Å². The lowest BCUT2D eigenvalue weighted by atomic mass is 9.94. The third-order valence-corrected chi connectivity index (χ3v) is 8.59. The Kier molecular flexibility index (Phi) is 9.61. The van der Waals surface area contributed by atoms with Crippen molar-refractivity contribution in [2.45, 2.75) is 105 Å². The summed E-state index contributed by atoms with van der Waals surface area (Å²) in [6, 6.07) is 6.68. The highest BCUT2D eigenvalue weighted by molar-refractivity contribution is 7.99. The third kappa shape index (κ3) is 8.23. The van der Waals surface area contributed by atoms with Crippen LogP contribution in [0.5, 0.6) is 5.75 Å². The minimum Gasteiger partial charge on any atom is -0.444 e. The Balaban J connectivity index is 1.65. The van der Waals surface area contributed by atoms with Gasteiger partial charge in [-0.15, -0.1) is 23.4 Å². The molecule has 0 aliphatic carbocycles. The number of pyridine rings is 1. The molecule has 1 aromatic carbocycles. The van der Waals surface area contributed by atoms with Gasteiger partial charge in [-0.05, 0) is 83.2 Å². The van der Waals surface area contributed by atoms with Gasteiger partial charge >= 0.3 is 18.6 Å². The molecule has 3 aromatic rings. The van der Waals surface area contributed by atoms with Crippen LogP contribution in [-0.2, 0) is 10.3 Å². The number of amides is 1. The Morgan fingerprint density at radius 1 is 1.04 bits per heavy atom. The summed E-state index contributed by atoms with van der Waals surface area (Å²) in [5.74, 6) is -1.54. The van der Waals surface area contributed by atoms with Crippen LogP contribution < -0.4 is 15.0 Å². The molecule has 0 saturated carbocycles. The molecule has 256 valence electrons. The number of alkyl halides is 6. The number of hydrogen-bond acceptors (Lipinski definition) is 10. The van der Waals surface area contributed by atoms with Gasteiger partial charge in [0.15, 0.2) is 5.69 Å². The maximum absolute atomic E-state index is 14.2. The summed E-state index contributed by atoms with van der Waals surface area (Å²) in [6.45, 7) is 5.52. The van der Waals surface area contributed by atoms with Gasteiger partial charge in [-0.3, -0.25) is 5.32 Å². The van der Waals surface area contributed by atoms with Crippen LogP contribution in [0.4, 0.5) is 42.6 Å². The number of aliphatic hydroxyl groups is 1. The lowest BCUT2D eigenvalue weighted by Gasteiger charge is -2.29. The number of aromatic nitrogens is 3. The summed E-state index contributed by atoms with van der Waals surface area (Å²) >= 11 is 1.15. The van der Waals surface area contributed by atoms with E-state index in [4.69, 9.17) is 14.1 Å². The maximum atomic E-state index is 14.2. The van der Waals surface area contributed by atoms with E-state index in [0.29, 0.717) is 41.4 Å². The van der Waals surface area contributed by atoms with E-state index >= 15 is 0 Å². The van der Waals surface area contributed by atoms with Crippen molar-refractivity contribution in [3.63, 3.8) is 0 Å². The average Bonchev–Trinajstić information content (AvgIpc) is 3.62. The van der Waals surface area contributed by atoms with E-state index in [9.17, 15) is 36.2 Å². The molecule has 1 amide bonds. The fraction of sp³-hybridized carbons (Fsp3) is 0.533. The van der Waals surface area contributed by atoms with Crippen molar-refractivity contribution >= 4 is 29.4 Å². The number of nitrogens with one attached hydrogen (secondary N) is 1. The van der Waals surface area contributed by atoms with Crippen LogP contribution in [0.3, 0.4) is 0 Å². The van der Waals surface area contributed by atoms with Gasteiger partial charge in [0.05, 0.1) is 10.6 Å². The number of anilines is 2. The fourth-order valence-corrected chi connectivity index (χ4v) is 6.44. The zero-order chi connectivity index (χ0) is 34.2. The molecule has 1 fully saturated rings. The zero-order valence-corrected chi connectivity index (χ0v) is 26.5. The first-order chi connectivity index (χ1) is 21.9. The van der Waals surface area contributed by atoms with Gasteiger partial charge < -0.3 is 23.9 Å². The zero-order valence-electron chi connectivity index (χ0n) is 25.7. The number of fused-ring (bicyclic) bond motifs is 7. The van der Waals surface area contributed by atoms with E-state index in [1.54, 1.807) is 20.8 Å². The number of rotatable bonds is 4. The van der Waals surface area contributed by atoms with Crippen molar-refractivity contribution in [1.29, 1.82) is 0 Å². The SMILES string of the molecule is CC(C)(C)OC(=O)Nc1cc(Sc2ccc(OC(F)(F)F)cc2)c2nc1-c1nnc(o1)C(O)(C(F)(F)F)CCCCC[C@@H]1CCCN21. The van der Waals surface area contributed by atoms with Gasteiger partial charge in [0, 0.05) is 17.5 Å². The van der Waals surface area contributed by atoms with Crippen LogP contribution in [0, 0.1) is 0 Å². The molecular weight excluding hydrogens is 656 g/mol. The molecule has 0 spiro atoms. The van der Waals surface area contributed by atoms with E-state index in [1.165, 1.54) is 18.2 Å². The second-order valence-electron chi connectivity index (χ2n) is 12.3. The van der Waals surface area contributed by atoms with Crippen LogP contribution in [0.15, 0.2) is 44.5 Å². The van der Waals surface area contributed by atoms with Crippen molar-refractivity contribution in [2.24, 2.45) is 0 Å². The Morgan fingerprint density at radius 3 is 2.40 bits per heavy atom. The summed E-state index contributed by atoms with van der Waals surface area (Å²) in [5, 5.41) is 20.8. The Bertz CT molecular complexity index is 1580. The predicted octanol–water partition coefficient (Wildman–Crippen LogP) is 8.21. The van der Waals surface area contributed by atoms with Crippen molar-refractivity contribution in [1.82, 2.24) is 15.2 Å². The number of ether oxygens (including phenoxy) is 2. The second kappa shape index (κ2) is 13.1. The highest BCUT2D eigenvalue weighted by atomic mass is 32.2. The molecule has 4 heterocycles. The molecule has 1 saturated heterocycles. The maximum Gasteiger partial charge on any atom is 0.573 e. The highest BCUT2D eigenvalue weighted by Crippen LogP contribution is 2.46. The number of carbonyl (C=O) groups is 1. The Hall–Kier alpha value is -3.73. The van der Waals surface area contributed by atoms with E-state index < -0.39 is 53.8 Å². The number of nitrogens with zero attached hydrogens (tertiary/aromatic N) is 4. The minimum absolute atomic E-state index is 0.0235. The molecule has 5 rings (SSSR count). The molecule has 47 heavy (non-hydrogen) atoms. The molecule has 2 aliphatic rings. The lowest BCUT2D eigenvalue weighted by molar-refractivity contribution is -0.277. The molecule has 1 unspecified atom stereocenters. The lowest BCUT2D eigenvalue weighted by Crippen LogP contribution is -2.42. The minimum atomic E-state index is -5.12. The summed E-state index contributed by atoms with van der Waals surface area (Å²) in [5.41, 5.74) is -4.51. The van der Waals surface area contributed by atoms with Crippen molar-refractivity contribution in [3.05, 3.63) is 36.2 Å². The molecule has 4 bridgehead atoms. The van der Waals surface area contributed by atoms with Gasteiger partial charge in [-0.25, -0.2) is 9.78 Å². The molecule has 2 aromatic heterocycles. The fourth-order valence-electron chi connectivity index (χ4n) is 5.48. The predicted molar refractivity (Wildman–Crippen MR) is 158 cm³/mol. The van der Waals surface area contributed by atoms with E-state index in [1.807, 2.05) is 0 Å². The van der Waals surface area contributed by atoms with Gasteiger partial charge in [0.1, 0.15) is 17.2 Å². The highest BCUT2D eigenvalue weighted by Gasteiger charge is 2.58. The Labute approximate surface area is 270 Å². The number of carbonyl (C=O) groups excluding carboxylic acids is 1. The van der Waals surface area contributed by atoms with Crippen LogP contribution >= 0.6 is 11.8 Å². The monoisotopic (exact) mass is 689 g/mol. The van der Waals surface area contributed by atoms with Crippen molar-refractivity contribution in [3.8, 4) is 17.3 Å². The number of benzene rings is 1. The molecule has 17 heteroatoms. The molecular formula is C30H33F6N5O5S. The standard InChI is InChI=1S/C30H33F6N5O5S/c1-27(2,3)46-26(42)37-20-16-21(47-19-12-10-18(11-13-19)45-30(34,35)36)23-38-22(20)24-39-40-25(44-24)28(43,29(31,32)33)14-6-4-5-8-17-9-7-15-41(17)23/h10-13,16-17,43H,4-9,14-15H2,1-3H3,(H,37,42)/t17-,28?/m1/s1. The normalized spacial score (nSPS) is 20.7. The smallest absolute Gasteiger partial charge is 0.444 e. The largest absolute Gasteiger partial charge is 0.573 e. The summed E-state index contributed by atoms with van der Waals surface area (Å²) in [4.78, 5) is 20.8. The van der Waals surface area contributed by atoms with Gasteiger partial charge in [0.25, 0.3) is 11.8 Å². The molecule has 2 aliphatic heterocycles. The molecule has 0 radical (unpaired) electrons. The molecule has 2 N–H and O–H groups in total. The van der Waals surface area contributed by atoms with Gasteiger partial charge in [-0.1, -0.05) is 24.6 Å². The van der Waals surface area contributed by atoms with Gasteiger partial charge in [0.2, 0.25) is 5.60 Å². The second-order valence-corrected chi connectivity index (χ2v) is 13.4. The Morgan fingerprint density at radius 2 is 1.74 bits per heavy atom. The third-order valence-electron chi connectivity index (χ3n) is 7.56. The van der Waals surface area contributed by atoms with Gasteiger partial charge in [-0.2, -0.15) is 13.2 Å². The average molecular weight is 690 g/mol. The van der Waals surface area contributed by atoms with Crippen molar-refractivity contribution in [2.75, 3.05) is 16.8 Å². The number of hydrogen-bond donors (Lipinski definition) is 2. The van der Waals surface area contributed by atoms with Crippen LogP contribution in [0.25, 0.3) is 11.6 Å². The first-order valence-corrected chi connectivity index (χ1v) is 15.7. The summed E-state index contributed by atoms with van der Waals surface area (Å²) in [7, 11) is 0. The topological polar surface area (TPSA) is 123 Å². The quantitative estimate of drug-likeness (QED) is 0.259. The summed E-state index contributed by atoms with van der Waals surface area (Å²) in [6.07, 6.45) is -8.28. The molecule has 10 nitrogen and oxygen atoms in total. The number of halogens is 6. The summed E-state index contributed by atoms with van der Waals surface area (Å²) < 4.78 is 95.6. The van der Waals surface area contributed by atoms with Crippen LogP contribution in [0.1, 0.15) is 71.6 Å².